The average Bonchev–Trinajstić information content (AvgIpc) is 3.13. The summed E-state index contributed by atoms with van der Waals surface area (Å²) in [7, 11) is 0. The van der Waals surface area contributed by atoms with Crippen molar-refractivity contribution < 1.29 is 28.8 Å². The maximum Gasteiger partial charge on any atom is 0.224 e. The first-order chi connectivity index (χ1) is 11.6. The number of aliphatic hydroxyl groups is 1. The highest BCUT2D eigenvalue weighted by atomic mass is 16.9. The first kappa shape index (κ1) is 16.0. The van der Waals surface area contributed by atoms with E-state index >= 15 is 0 Å². The van der Waals surface area contributed by atoms with Gasteiger partial charge in [0, 0.05) is 25.7 Å². The Hall–Kier alpha value is -0.240. The molecule has 6 heteroatoms. The van der Waals surface area contributed by atoms with Gasteiger partial charge in [-0.25, -0.2) is 0 Å². The molecule has 4 atom stereocenters. The minimum atomic E-state index is -1.10. The third-order valence-electron chi connectivity index (χ3n) is 6.46. The van der Waals surface area contributed by atoms with E-state index in [2.05, 4.69) is 0 Å². The molecule has 136 valence electrons. The highest BCUT2D eigenvalue weighted by molar-refractivity contribution is 5.03. The molecular weight excluding hydrogens is 312 g/mol. The van der Waals surface area contributed by atoms with Crippen molar-refractivity contribution in [1.82, 2.24) is 0 Å². The summed E-state index contributed by atoms with van der Waals surface area (Å²) in [6.45, 7) is 0.663. The molecule has 2 aliphatic carbocycles. The normalized spacial score (nSPS) is 46.6. The molecule has 5 aliphatic rings. The van der Waals surface area contributed by atoms with Crippen LogP contribution >= 0.6 is 0 Å². The molecule has 3 aliphatic heterocycles. The molecule has 1 unspecified atom stereocenters. The zero-order chi connectivity index (χ0) is 16.3. The Morgan fingerprint density at radius 2 is 1.42 bits per heavy atom. The topological polar surface area (TPSA) is 66.4 Å². The van der Waals surface area contributed by atoms with Crippen LogP contribution in [0.4, 0.5) is 0 Å². The average molecular weight is 340 g/mol. The van der Waals surface area contributed by atoms with E-state index in [1.54, 1.807) is 0 Å². The molecule has 3 heterocycles. The molecule has 2 saturated carbocycles. The molecule has 0 bridgehead atoms. The largest absolute Gasteiger partial charge is 0.385 e. The van der Waals surface area contributed by atoms with Crippen molar-refractivity contribution in [2.45, 2.75) is 99.9 Å². The quantitative estimate of drug-likeness (QED) is 0.729. The van der Waals surface area contributed by atoms with Gasteiger partial charge in [-0.05, 0) is 25.7 Å². The monoisotopic (exact) mass is 340 g/mol. The van der Waals surface area contributed by atoms with Crippen LogP contribution in [0.25, 0.3) is 0 Å². The summed E-state index contributed by atoms with van der Waals surface area (Å²) in [5.41, 5.74) is 0. The lowest BCUT2D eigenvalue weighted by atomic mass is 9.93. The molecule has 0 amide bonds. The van der Waals surface area contributed by atoms with Crippen molar-refractivity contribution in [3.63, 3.8) is 0 Å². The number of rotatable bonds is 0. The molecule has 0 aromatic carbocycles. The minimum Gasteiger partial charge on any atom is -0.385 e. The molecule has 3 spiro atoms. The van der Waals surface area contributed by atoms with Crippen LogP contribution in [0.1, 0.15) is 64.2 Å². The number of hydrogen-bond donors (Lipinski definition) is 1. The van der Waals surface area contributed by atoms with Crippen molar-refractivity contribution in [2.75, 3.05) is 13.2 Å². The van der Waals surface area contributed by atoms with Gasteiger partial charge in [-0.3, -0.25) is 0 Å². The molecule has 0 aromatic heterocycles. The van der Waals surface area contributed by atoms with Crippen molar-refractivity contribution in [2.24, 2.45) is 0 Å². The van der Waals surface area contributed by atoms with E-state index in [1.165, 1.54) is 12.8 Å². The molecule has 0 radical (unpaired) electrons. The van der Waals surface area contributed by atoms with Gasteiger partial charge in [-0.1, -0.05) is 12.8 Å². The van der Waals surface area contributed by atoms with Crippen LogP contribution in [0.3, 0.4) is 0 Å². The second kappa shape index (κ2) is 5.63. The predicted molar refractivity (Wildman–Crippen MR) is 83.1 cm³/mol. The molecular formula is C18H28O6. The zero-order valence-electron chi connectivity index (χ0n) is 14.2. The zero-order valence-corrected chi connectivity index (χ0v) is 14.2. The predicted octanol–water partition coefficient (Wildman–Crippen LogP) is 2.23. The Morgan fingerprint density at radius 3 is 2.12 bits per heavy atom. The van der Waals surface area contributed by atoms with Gasteiger partial charge in [0.2, 0.25) is 5.79 Å². The van der Waals surface area contributed by atoms with Gasteiger partial charge in [0.1, 0.15) is 24.9 Å². The van der Waals surface area contributed by atoms with E-state index in [4.69, 9.17) is 23.7 Å². The summed E-state index contributed by atoms with van der Waals surface area (Å²) < 4.78 is 30.8. The Kier molecular flexibility index (Phi) is 3.75. The summed E-state index contributed by atoms with van der Waals surface area (Å²) in [5.74, 6) is -2.19. The fraction of sp³-hybridized carbons (Fsp3) is 1.00. The fourth-order valence-corrected chi connectivity index (χ4v) is 5.14. The van der Waals surface area contributed by atoms with Gasteiger partial charge in [0.05, 0.1) is 6.61 Å². The highest BCUT2D eigenvalue weighted by Crippen LogP contribution is 2.50. The lowest BCUT2D eigenvalue weighted by molar-refractivity contribution is -0.336. The third-order valence-corrected chi connectivity index (χ3v) is 6.46. The summed E-state index contributed by atoms with van der Waals surface area (Å²) in [4.78, 5) is 0. The molecule has 0 aromatic rings. The van der Waals surface area contributed by atoms with Crippen molar-refractivity contribution >= 4 is 0 Å². The van der Waals surface area contributed by atoms with Crippen LogP contribution in [0.15, 0.2) is 0 Å². The van der Waals surface area contributed by atoms with Crippen LogP contribution in [-0.2, 0) is 23.7 Å². The number of ether oxygens (including phenoxy) is 5. The molecule has 5 fully saturated rings. The molecule has 24 heavy (non-hydrogen) atoms. The van der Waals surface area contributed by atoms with Gasteiger partial charge < -0.3 is 28.8 Å². The van der Waals surface area contributed by atoms with Gasteiger partial charge in [-0.2, -0.15) is 0 Å². The summed E-state index contributed by atoms with van der Waals surface area (Å²) in [5, 5.41) is 11.0. The smallest absolute Gasteiger partial charge is 0.224 e. The highest BCUT2D eigenvalue weighted by Gasteiger charge is 2.64. The van der Waals surface area contributed by atoms with Crippen molar-refractivity contribution in [1.29, 1.82) is 0 Å². The maximum absolute atomic E-state index is 11.0. The van der Waals surface area contributed by atoms with Gasteiger partial charge in [-0.15, -0.1) is 0 Å². The summed E-state index contributed by atoms with van der Waals surface area (Å²) >= 11 is 0. The Labute approximate surface area is 142 Å². The van der Waals surface area contributed by atoms with E-state index in [0.29, 0.717) is 6.61 Å². The first-order valence-electron chi connectivity index (χ1n) is 9.66. The van der Waals surface area contributed by atoms with E-state index in [1.807, 2.05) is 0 Å². The van der Waals surface area contributed by atoms with Crippen LogP contribution in [0, 0.1) is 0 Å². The van der Waals surface area contributed by atoms with E-state index < -0.39 is 23.5 Å². The van der Waals surface area contributed by atoms with Crippen LogP contribution in [0.2, 0.25) is 0 Å². The fourth-order valence-electron chi connectivity index (χ4n) is 5.14. The Bertz CT molecular complexity index is 472. The second-order valence-corrected chi connectivity index (χ2v) is 8.14. The lowest BCUT2D eigenvalue weighted by Gasteiger charge is -2.42. The number of hydrogen-bond acceptors (Lipinski definition) is 6. The standard InChI is InChI=1S/C18H28O6/c19-15-14-13(22-17(23-14)9-5-2-6-10-17)11-20-18(15)12-21-16(24-18)7-3-1-4-8-16/h13-15,19H,1-12H2/t13-,14-,15?,18+/m1/s1. The minimum absolute atomic E-state index is 0.213. The molecule has 5 rings (SSSR count). The van der Waals surface area contributed by atoms with Crippen molar-refractivity contribution in [3.05, 3.63) is 0 Å². The van der Waals surface area contributed by atoms with Crippen LogP contribution in [-0.4, -0.2) is 54.0 Å². The van der Waals surface area contributed by atoms with Gasteiger partial charge in [0.15, 0.2) is 11.6 Å². The number of aliphatic hydroxyl groups excluding tert-OH is 1. The van der Waals surface area contributed by atoms with Gasteiger partial charge >= 0.3 is 0 Å². The van der Waals surface area contributed by atoms with Gasteiger partial charge in [0.25, 0.3) is 0 Å². The third kappa shape index (κ3) is 2.38. The van der Waals surface area contributed by atoms with Crippen LogP contribution in [0.5, 0.6) is 0 Å². The Balaban J connectivity index is 1.34. The summed E-state index contributed by atoms with van der Waals surface area (Å²) in [6.07, 6.45) is 8.95. The molecule has 3 saturated heterocycles. The molecule has 6 nitrogen and oxygen atoms in total. The van der Waals surface area contributed by atoms with Crippen molar-refractivity contribution in [3.8, 4) is 0 Å². The SMILES string of the molecule is OC1[C@@H]2OC3(CCCCC3)O[C@@H]2CO[C@]12COC1(CCCCC1)O2. The maximum atomic E-state index is 11.0. The summed E-state index contributed by atoms with van der Waals surface area (Å²) in [6, 6.07) is 0. The molecule has 1 N–H and O–H groups in total. The Morgan fingerprint density at radius 1 is 0.750 bits per heavy atom. The van der Waals surface area contributed by atoms with E-state index in [0.717, 1.165) is 51.4 Å². The second-order valence-electron chi connectivity index (χ2n) is 8.14. The number of fused-ring (bicyclic) bond motifs is 1. The van der Waals surface area contributed by atoms with E-state index in [-0.39, 0.29) is 18.8 Å². The lowest BCUT2D eigenvalue weighted by Crippen LogP contribution is -2.62. The van der Waals surface area contributed by atoms with E-state index in [9.17, 15) is 5.11 Å². The van der Waals surface area contributed by atoms with Crippen LogP contribution < -0.4 is 0 Å². The first-order valence-corrected chi connectivity index (χ1v) is 9.66.